The maximum absolute atomic E-state index is 12.9. The van der Waals surface area contributed by atoms with Gasteiger partial charge in [0.05, 0.1) is 12.2 Å². The molecule has 0 aliphatic heterocycles. The van der Waals surface area contributed by atoms with Crippen LogP contribution in [-0.2, 0) is 12.8 Å². The van der Waals surface area contributed by atoms with E-state index < -0.39 is 11.7 Å². The van der Waals surface area contributed by atoms with E-state index in [-0.39, 0.29) is 6.61 Å². The summed E-state index contributed by atoms with van der Waals surface area (Å²) in [6.45, 7) is 3.46. The van der Waals surface area contributed by atoms with Crippen LogP contribution in [-0.4, -0.2) is 5.11 Å². The van der Waals surface area contributed by atoms with Gasteiger partial charge in [-0.15, -0.1) is 11.3 Å². The number of benzene rings is 1. The molecular formula is C14H12BrF3OS. The van der Waals surface area contributed by atoms with Crippen LogP contribution in [0.2, 0.25) is 0 Å². The number of alkyl halides is 3. The molecule has 1 aromatic heterocycles. The van der Waals surface area contributed by atoms with Crippen molar-refractivity contribution in [1.29, 1.82) is 0 Å². The van der Waals surface area contributed by atoms with E-state index in [1.54, 1.807) is 0 Å². The molecule has 0 fully saturated rings. The Labute approximate surface area is 127 Å². The van der Waals surface area contributed by atoms with Crippen molar-refractivity contribution in [1.82, 2.24) is 0 Å². The van der Waals surface area contributed by atoms with Crippen molar-refractivity contribution in [3.8, 4) is 11.1 Å². The highest BCUT2D eigenvalue weighted by atomic mass is 79.9. The molecule has 0 saturated heterocycles. The summed E-state index contributed by atoms with van der Waals surface area (Å²) in [5.74, 6) is 0. The van der Waals surface area contributed by atoms with Crippen LogP contribution in [0, 0.1) is 13.8 Å². The summed E-state index contributed by atoms with van der Waals surface area (Å²) in [6.07, 6.45) is -4.39. The number of halogens is 4. The van der Waals surface area contributed by atoms with Gasteiger partial charge in [0.1, 0.15) is 0 Å². The first-order chi connectivity index (χ1) is 9.25. The van der Waals surface area contributed by atoms with E-state index in [4.69, 9.17) is 0 Å². The van der Waals surface area contributed by atoms with Crippen LogP contribution in [0.25, 0.3) is 11.1 Å². The van der Waals surface area contributed by atoms with E-state index in [9.17, 15) is 18.3 Å². The maximum atomic E-state index is 12.9. The van der Waals surface area contributed by atoms with Gasteiger partial charge in [0, 0.05) is 19.8 Å². The minimum Gasteiger partial charge on any atom is -0.392 e. The van der Waals surface area contributed by atoms with Crippen molar-refractivity contribution >= 4 is 27.3 Å². The highest BCUT2D eigenvalue weighted by molar-refractivity contribution is 9.10. The SMILES string of the molecule is Cc1sc(C)c(-c2cc(C(F)(F)F)ccc2CO)c1Br. The summed E-state index contributed by atoms with van der Waals surface area (Å²) in [5.41, 5.74) is 0.929. The first-order valence-electron chi connectivity index (χ1n) is 5.82. The van der Waals surface area contributed by atoms with Crippen LogP contribution >= 0.6 is 27.3 Å². The Hall–Kier alpha value is -0.850. The zero-order chi connectivity index (χ0) is 15.1. The van der Waals surface area contributed by atoms with Crippen molar-refractivity contribution in [2.75, 3.05) is 0 Å². The number of aryl methyl sites for hydroxylation is 2. The van der Waals surface area contributed by atoms with Crippen LogP contribution in [0.3, 0.4) is 0 Å². The lowest BCUT2D eigenvalue weighted by atomic mass is 9.97. The molecule has 2 aromatic rings. The van der Waals surface area contributed by atoms with Gasteiger partial charge in [-0.25, -0.2) is 0 Å². The lowest BCUT2D eigenvalue weighted by molar-refractivity contribution is -0.137. The van der Waals surface area contributed by atoms with E-state index in [2.05, 4.69) is 15.9 Å². The number of aliphatic hydroxyl groups is 1. The molecule has 0 amide bonds. The quantitative estimate of drug-likeness (QED) is 0.765. The third-order valence-electron chi connectivity index (χ3n) is 3.06. The second-order valence-corrected chi connectivity index (χ2v) is 6.65. The van der Waals surface area contributed by atoms with Crippen molar-refractivity contribution in [3.05, 3.63) is 43.6 Å². The van der Waals surface area contributed by atoms with E-state index in [1.807, 2.05) is 13.8 Å². The maximum Gasteiger partial charge on any atom is 0.416 e. The van der Waals surface area contributed by atoms with Gasteiger partial charge < -0.3 is 5.11 Å². The van der Waals surface area contributed by atoms with Crippen LogP contribution in [0.5, 0.6) is 0 Å². The van der Waals surface area contributed by atoms with E-state index in [0.29, 0.717) is 11.1 Å². The third-order valence-corrected chi connectivity index (χ3v) is 5.34. The van der Waals surface area contributed by atoms with Crippen LogP contribution in [0.15, 0.2) is 22.7 Å². The molecule has 0 saturated carbocycles. The molecule has 0 bridgehead atoms. The fourth-order valence-electron chi connectivity index (χ4n) is 2.09. The Kier molecular flexibility index (Phi) is 4.27. The predicted octanol–water partition coefficient (Wildman–Crippen LogP) is 5.31. The lowest BCUT2D eigenvalue weighted by Gasteiger charge is -2.13. The molecule has 0 aliphatic carbocycles. The van der Waals surface area contributed by atoms with Gasteiger partial charge in [-0.3, -0.25) is 0 Å². The average Bonchev–Trinajstić information content (AvgIpc) is 2.61. The van der Waals surface area contributed by atoms with E-state index >= 15 is 0 Å². The van der Waals surface area contributed by atoms with E-state index in [1.165, 1.54) is 17.4 Å². The molecule has 20 heavy (non-hydrogen) atoms. The van der Waals surface area contributed by atoms with Gasteiger partial charge in [0.15, 0.2) is 0 Å². The smallest absolute Gasteiger partial charge is 0.392 e. The molecule has 0 atom stereocenters. The molecule has 6 heteroatoms. The van der Waals surface area contributed by atoms with E-state index in [0.717, 1.165) is 31.9 Å². The number of hydrogen-bond donors (Lipinski definition) is 1. The van der Waals surface area contributed by atoms with Crippen LogP contribution < -0.4 is 0 Å². The molecule has 108 valence electrons. The molecule has 1 nitrogen and oxygen atoms in total. The summed E-state index contributed by atoms with van der Waals surface area (Å²) >= 11 is 4.94. The Balaban J connectivity index is 2.71. The van der Waals surface area contributed by atoms with Gasteiger partial charge in [-0.1, -0.05) is 6.07 Å². The van der Waals surface area contributed by atoms with Crippen molar-refractivity contribution < 1.29 is 18.3 Å². The number of rotatable bonds is 2. The topological polar surface area (TPSA) is 20.2 Å². The Morgan fingerprint density at radius 1 is 1.20 bits per heavy atom. The minimum absolute atomic E-state index is 0.297. The van der Waals surface area contributed by atoms with Crippen molar-refractivity contribution in [2.45, 2.75) is 26.6 Å². The summed E-state index contributed by atoms with van der Waals surface area (Å²) in [6, 6.07) is 3.43. The monoisotopic (exact) mass is 364 g/mol. The molecule has 0 aliphatic rings. The first kappa shape index (κ1) is 15.5. The van der Waals surface area contributed by atoms with Gasteiger partial charge in [0.2, 0.25) is 0 Å². The summed E-state index contributed by atoms with van der Waals surface area (Å²) in [5, 5.41) is 9.37. The summed E-state index contributed by atoms with van der Waals surface area (Å²) in [7, 11) is 0. The fourth-order valence-corrected chi connectivity index (χ4v) is 3.94. The third kappa shape index (κ3) is 2.77. The van der Waals surface area contributed by atoms with Crippen molar-refractivity contribution in [3.63, 3.8) is 0 Å². The molecule has 0 unspecified atom stereocenters. The Morgan fingerprint density at radius 2 is 1.85 bits per heavy atom. The fraction of sp³-hybridized carbons (Fsp3) is 0.286. The molecule has 2 rings (SSSR count). The predicted molar refractivity (Wildman–Crippen MR) is 77.9 cm³/mol. The summed E-state index contributed by atoms with van der Waals surface area (Å²) < 4.78 is 39.3. The summed E-state index contributed by atoms with van der Waals surface area (Å²) in [4.78, 5) is 1.92. The highest BCUT2D eigenvalue weighted by Crippen LogP contribution is 2.42. The number of aliphatic hydroxyl groups excluding tert-OH is 1. The molecule has 1 N–H and O–H groups in total. The van der Waals surface area contributed by atoms with Gasteiger partial charge in [0.25, 0.3) is 0 Å². The first-order valence-corrected chi connectivity index (χ1v) is 7.43. The van der Waals surface area contributed by atoms with Gasteiger partial charge in [-0.2, -0.15) is 13.2 Å². The second-order valence-electron chi connectivity index (χ2n) is 4.43. The largest absolute Gasteiger partial charge is 0.416 e. The van der Waals surface area contributed by atoms with Crippen LogP contribution in [0.1, 0.15) is 20.9 Å². The zero-order valence-corrected chi connectivity index (χ0v) is 13.2. The molecule has 0 spiro atoms. The molecular weight excluding hydrogens is 353 g/mol. The standard InChI is InChI=1S/C14H12BrF3OS/c1-7-12(13(15)8(2)20-7)11-5-10(14(16,17)18)4-3-9(11)6-19/h3-5,19H,6H2,1-2H3. The molecule has 0 radical (unpaired) electrons. The average molecular weight is 365 g/mol. The minimum atomic E-state index is -4.39. The van der Waals surface area contributed by atoms with Crippen LogP contribution in [0.4, 0.5) is 13.2 Å². The van der Waals surface area contributed by atoms with Gasteiger partial charge >= 0.3 is 6.18 Å². The highest BCUT2D eigenvalue weighted by Gasteiger charge is 2.31. The number of hydrogen-bond acceptors (Lipinski definition) is 2. The molecule has 1 aromatic carbocycles. The lowest BCUT2D eigenvalue weighted by Crippen LogP contribution is -2.06. The Bertz CT molecular complexity index is 647. The normalized spacial score (nSPS) is 11.9. The molecule has 1 heterocycles. The second kappa shape index (κ2) is 5.50. The van der Waals surface area contributed by atoms with Gasteiger partial charge in [-0.05, 0) is 53.0 Å². The number of thiophene rings is 1. The Morgan fingerprint density at radius 3 is 2.30 bits per heavy atom. The van der Waals surface area contributed by atoms with Crippen molar-refractivity contribution in [2.24, 2.45) is 0 Å². The zero-order valence-electron chi connectivity index (χ0n) is 10.8.